The van der Waals surface area contributed by atoms with Crippen molar-refractivity contribution in [3.05, 3.63) is 23.8 Å². The molecule has 0 fully saturated rings. The summed E-state index contributed by atoms with van der Waals surface area (Å²) in [6.45, 7) is 0.156. The van der Waals surface area contributed by atoms with Gasteiger partial charge in [0.05, 0.1) is 12.2 Å². The number of thiocarbonyl (C=S) groups is 1. The van der Waals surface area contributed by atoms with Crippen molar-refractivity contribution in [2.75, 3.05) is 11.9 Å². The van der Waals surface area contributed by atoms with Gasteiger partial charge in [0.1, 0.15) is 16.8 Å². The summed E-state index contributed by atoms with van der Waals surface area (Å²) in [4.78, 5) is 0.473. The van der Waals surface area contributed by atoms with Gasteiger partial charge in [-0.1, -0.05) is 18.3 Å². The molecule has 2 N–H and O–H groups in total. The molecule has 1 aliphatic rings. The first-order valence-corrected chi connectivity index (χ1v) is 6.77. The van der Waals surface area contributed by atoms with Gasteiger partial charge in [0.15, 0.2) is 0 Å². The molecule has 3 nitrogen and oxygen atoms in total. The van der Waals surface area contributed by atoms with Crippen LogP contribution in [0.3, 0.4) is 0 Å². The fourth-order valence-electron chi connectivity index (χ4n) is 1.83. The van der Waals surface area contributed by atoms with Crippen LogP contribution in [0.1, 0.15) is 12.5 Å². The predicted molar refractivity (Wildman–Crippen MR) is 75.5 cm³/mol. The van der Waals surface area contributed by atoms with E-state index in [1.54, 1.807) is 25.1 Å². The normalized spacial score (nSPS) is 18.5. The highest BCUT2D eigenvalue weighted by Crippen LogP contribution is 2.35. The molecule has 0 amide bonds. The van der Waals surface area contributed by atoms with E-state index in [9.17, 15) is 22.0 Å². The number of halogens is 5. The van der Waals surface area contributed by atoms with Crippen molar-refractivity contribution in [3.8, 4) is 5.75 Å². The summed E-state index contributed by atoms with van der Waals surface area (Å²) in [5.74, 6) is -4.22. The number of alkyl halides is 5. The molecule has 1 aromatic rings. The molecular formula is C13H13F5N2OS. The lowest BCUT2D eigenvalue weighted by Gasteiger charge is -2.26. The molecule has 1 aliphatic heterocycles. The molecule has 1 atom stereocenters. The van der Waals surface area contributed by atoms with Crippen LogP contribution in [0.5, 0.6) is 5.75 Å². The smallest absolute Gasteiger partial charge is 0.454 e. The summed E-state index contributed by atoms with van der Waals surface area (Å²) in [6.07, 6.45) is -5.84. The molecule has 0 bridgehead atoms. The molecule has 0 aliphatic carbocycles. The first kappa shape index (κ1) is 16.9. The zero-order valence-corrected chi connectivity index (χ0v) is 12.2. The third kappa shape index (κ3) is 3.64. The second kappa shape index (κ2) is 5.96. The quantitative estimate of drug-likeness (QED) is 0.649. The van der Waals surface area contributed by atoms with Gasteiger partial charge in [-0.3, -0.25) is 0 Å². The second-order valence-electron chi connectivity index (χ2n) is 4.89. The van der Waals surface area contributed by atoms with Gasteiger partial charge in [-0.05, 0) is 24.6 Å². The van der Waals surface area contributed by atoms with Crippen molar-refractivity contribution < 1.29 is 26.7 Å². The minimum Gasteiger partial charge on any atom is -0.481 e. The largest absolute Gasteiger partial charge is 0.481 e. The van der Waals surface area contributed by atoms with Crippen molar-refractivity contribution in [1.82, 2.24) is 5.32 Å². The summed E-state index contributed by atoms with van der Waals surface area (Å²) in [7, 11) is 0. The Morgan fingerprint density at radius 2 is 1.95 bits per heavy atom. The van der Waals surface area contributed by atoms with E-state index in [1.807, 2.05) is 0 Å². The molecule has 1 aromatic carbocycles. The topological polar surface area (TPSA) is 33.3 Å². The third-order valence-corrected chi connectivity index (χ3v) is 3.50. The summed E-state index contributed by atoms with van der Waals surface area (Å²) >= 11 is 5.05. The van der Waals surface area contributed by atoms with E-state index in [4.69, 9.17) is 17.0 Å². The molecule has 1 heterocycles. The molecular weight excluding hydrogens is 327 g/mol. The third-order valence-electron chi connectivity index (χ3n) is 3.07. The average Bonchev–Trinajstić information content (AvgIpc) is 2.39. The monoisotopic (exact) mass is 340 g/mol. The highest BCUT2D eigenvalue weighted by Gasteiger charge is 2.56. The summed E-state index contributed by atoms with van der Waals surface area (Å²) in [6, 6.07) is 4.78. The van der Waals surface area contributed by atoms with Crippen LogP contribution in [-0.2, 0) is 6.54 Å². The summed E-state index contributed by atoms with van der Waals surface area (Å²) in [5, 5.41) is 5.04. The first-order chi connectivity index (χ1) is 10.1. The minimum atomic E-state index is -5.56. The fraction of sp³-hybridized carbons (Fsp3) is 0.462. The van der Waals surface area contributed by atoms with E-state index in [1.165, 1.54) is 0 Å². The van der Waals surface area contributed by atoms with Gasteiger partial charge in [-0.25, -0.2) is 0 Å². The number of ether oxygens (including phenoxy) is 1. The number of hydrogen-bond acceptors (Lipinski definition) is 3. The molecule has 0 saturated carbocycles. The summed E-state index contributed by atoms with van der Waals surface area (Å²) < 4.78 is 67.1. The number of hydrogen-bond donors (Lipinski definition) is 2. The first-order valence-electron chi connectivity index (χ1n) is 6.36. The molecule has 0 spiro atoms. The van der Waals surface area contributed by atoms with E-state index in [0.29, 0.717) is 22.0 Å². The van der Waals surface area contributed by atoms with Crippen LogP contribution >= 0.6 is 12.2 Å². The maximum absolute atomic E-state index is 12.8. The number of anilines is 1. The minimum absolute atomic E-state index is 0.136. The standard InChI is InChI=1S/C13H13F5N2OS/c1-7-11(22)20-9-4-8(2-3-10(9)21-7)5-19-6-12(14,15)13(16,17)18/h2-4,7,19H,5-6H2,1H3,(H,20,22)/t7-/m1/s1. The van der Waals surface area contributed by atoms with Crippen molar-refractivity contribution >= 4 is 22.9 Å². The van der Waals surface area contributed by atoms with Crippen molar-refractivity contribution in [2.45, 2.75) is 31.7 Å². The SMILES string of the molecule is C[C@H]1Oc2ccc(CNCC(F)(F)C(F)(F)F)cc2NC1=S. The number of nitrogens with one attached hydrogen (secondary N) is 2. The van der Waals surface area contributed by atoms with Crippen LogP contribution in [-0.4, -0.2) is 29.7 Å². The Balaban J connectivity index is 1.98. The maximum atomic E-state index is 12.8. The van der Waals surface area contributed by atoms with Crippen LogP contribution < -0.4 is 15.4 Å². The van der Waals surface area contributed by atoms with E-state index in [2.05, 4.69) is 10.6 Å². The lowest BCUT2D eigenvalue weighted by molar-refractivity contribution is -0.279. The van der Waals surface area contributed by atoms with Gasteiger partial charge in [0.2, 0.25) is 0 Å². The molecule has 0 aromatic heterocycles. The van der Waals surface area contributed by atoms with Crippen LogP contribution in [0, 0.1) is 0 Å². The Bertz CT molecular complexity index is 576. The van der Waals surface area contributed by atoms with Gasteiger partial charge < -0.3 is 15.4 Å². The van der Waals surface area contributed by atoms with Gasteiger partial charge in [-0.15, -0.1) is 0 Å². The van der Waals surface area contributed by atoms with E-state index in [-0.39, 0.29) is 12.6 Å². The molecule has 9 heteroatoms. The summed E-state index contributed by atoms with van der Waals surface area (Å²) in [5.41, 5.74) is 1.09. The zero-order chi connectivity index (χ0) is 16.5. The Morgan fingerprint density at radius 1 is 1.27 bits per heavy atom. The predicted octanol–water partition coefficient (Wildman–Crippen LogP) is 3.49. The molecule has 122 valence electrons. The highest BCUT2D eigenvalue weighted by atomic mass is 32.1. The fourth-order valence-corrected chi connectivity index (χ4v) is 1.99. The molecule has 0 radical (unpaired) electrons. The van der Waals surface area contributed by atoms with Gasteiger partial charge in [-0.2, -0.15) is 22.0 Å². The van der Waals surface area contributed by atoms with Crippen molar-refractivity contribution in [2.24, 2.45) is 0 Å². The van der Waals surface area contributed by atoms with Gasteiger partial charge in [0.25, 0.3) is 0 Å². The van der Waals surface area contributed by atoms with Crippen molar-refractivity contribution in [1.29, 1.82) is 0 Å². The lowest BCUT2D eigenvalue weighted by Crippen LogP contribution is -2.45. The van der Waals surface area contributed by atoms with Crippen LogP contribution in [0.15, 0.2) is 18.2 Å². The number of rotatable bonds is 4. The Hall–Kier alpha value is -1.48. The number of fused-ring (bicyclic) bond motifs is 1. The van der Waals surface area contributed by atoms with Gasteiger partial charge in [0, 0.05) is 6.54 Å². The second-order valence-corrected chi connectivity index (χ2v) is 5.33. The Kier molecular flexibility index (Phi) is 4.57. The highest BCUT2D eigenvalue weighted by molar-refractivity contribution is 7.80. The van der Waals surface area contributed by atoms with Gasteiger partial charge >= 0.3 is 12.1 Å². The van der Waals surface area contributed by atoms with E-state index >= 15 is 0 Å². The average molecular weight is 340 g/mol. The lowest BCUT2D eigenvalue weighted by atomic mass is 10.1. The van der Waals surface area contributed by atoms with E-state index < -0.39 is 18.6 Å². The molecule has 2 rings (SSSR count). The van der Waals surface area contributed by atoms with E-state index in [0.717, 1.165) is 0 Å². The number of benzene rings is 1. The molecule has 0 saturated heterocycles. The molecule has 0 unspecified atom stereocenters. The zero-order valence-electron chi connectivity index (χ0n) is 11.4. The Morgan fingerprint density at radius 3 is 2.59 bits per heavy atom. The Labute approximate surface area is 128 Å². The molecule has 22 heavy (non-hydrogen) atoms. The maximum Gasteiger partial charge on any atom is 0.454 e. The van der Waals surface area contributed by atoms with Crippen LogP contribution in [0.4, 0.5) is 27.6 Å². The van der Waals surface area contributed by atoms with Crippen LogP contribution in [0.25, 0.3) is 0 Å². The van der Waals surface area contributed by atoms with Crippen molar-refractivity contribution in [3.63, 3.8) is 0 Å². The van der Waals surface area contributed by atoms with Crippen LogP contribution in [0.2, 0.25) is 0 Å².